The van der Waals surface area contributed by atoms with Gasteiger partial charge in [-0.1, -0.05) is 24.3 Å². The van der Waals surface area contributed by atoms with E-state index in [1.54, 1.807) is 6.07 Å². The predicted molar refractivity (Wildman–Crippen MR) is 103 cm³/mol. The van der Waals surface area contributed by atoms with Gasteiger partial charge >= 0.3 is 20.7 Å². The zero-order chi connectivity index (χ0) is 21.3. The van der Waals surface area contributed by atoms with Gasteiger partial charge in [-0.25, -0.2) is 4.79 Å². The van der Waals surface area contributed by atoms with Gasteiger partial charge in [0.05, 0.1) is 16.8 Å². The first kappa shape index (κ1) is 21.0. The van der Waals surface area contributed by atoms with E-state index in [1.807, 2.05) is 0 Å². The van der Waals surface area contributed by atoms with Crippen LogP contribution in [0.1, 0.15) is 27.5 Å². The molecular weight excluding hydrogens is 402 g/mol. The summed E-state index contributed by atoms with van der Waals surface area (Å²) in [5.41, 5.74) is 6.66. The molecule has 0 spiro atoms. The molecule has 0 saturated carbocycles. The van der Waals surface area contributed by atoms with Crippen LogP contribution in [0, 0.1) is 0 Å². The number of carbonyl (C=O) groups is 2. The maximum absolute atomic E-state index is 12.5. The Hall–Kier alpha value is -2.69. The average molecular weight is 420 g/mol. The summed E-state index contributed by atoms with van der Waals surface area (Å²) < 4.78 is 16.5. The molecule has 0 aromatic heterocycles. The second kappa shape index (κ2) is 7.98. The second-order valence-electron chi connectivity index (χ2n) is 6.54. The Morgan fingerprint density at radius 3 is 2.45 bits per heavy atom. The van der Waals surface area contributed by atoms with E-state index < -0.39 is 38.6 Å². The third-order valence-corrected chi connectivity index (χ3v) is 5.52. The van der Waals surface area contributed by atoms with Gasteiger partial charge in [-0.3, -0.25) is 9.36 Å². The Morgan fingerprint density at radius 2 is 1.86 bits per heavy atom. The van der Waals surface area contributed by atoms with Crippen molar-refractivity contribution in [3.63, 3.8) is 0 Å². The lowest BCUT2D eigenvalue weighted by atomic mass is 9.72. The van der Waals surface area contributed by atoms with E-state index in [9.17, 15) is 24.3 Å². The Kier molecular flexibility index (Phi) is 5.79. The standard InChI is InChI=1S/C17H18BN2O8P/c19-14(9-4-6-11(7-5-9)29(25,26)27)16(21)20-13-8-10-2-1-3-12(17(22)23)15(10)28-18(13)24/h1-7,13-14,24H,8,19H2,(H,20,21)(H,22,23)(H2,25,26,27). The van der Waals surface area contributed by atoms with E-state index in [0.29, 0.717) is 11.1 Å². The Balaban J connectivity index is 1.73. The fraction of sp³-hybridized carbons (Fsp3) is 0.176. The highest BCUT2D eigenvalue weighted by Gasteiger charge is 2.38. The number of hydrogen-bond donors (Lipinski definition) is 6. The highest BCUT2D eigenvalue weighted by Crippen LogP contribution is 2.33. The first-order valence-corrected chi connectivity index (χ1v) is 10.1. The van der Waals surface area contributed by atoms with Crippen molar-refractivity contribution < 1.29 is 38.7 Å². The Labute approximate surface area is 165 Å². The van der Waals surface area contributed by atoms with Crippen LogP contribution < -0.4 is 21.0 Å². The van der Waals surface area contributed by atoms with E-state index in [-0.39, 0.29) is 23.0 Å². The van der Waals surface area contributed by atoms with Crippen LogP contribution in [0.25, 0.3) is 0 Å². The van der Waals surface area contributed by atoms with Crippen molar-refractivity contribution >= 4 is 31.9 Å². The van der Waals surface area contributed by atoms with Crippen LogP contribution in [0.2, 0.25) is 0 Å². The van der Waals surface area contributed by atoms with E-state index in [2.05, 4.69) is 5.32 Å². The van der Waals surface area contributed by atoms with E-state index in [1.165, 1.54) is 36.4 Å². The minimum Gasteiger partial charge on any atom is -0.534 e. The number of carboxylic acids is 1. The summed E-state index contributed by atoms with van der Waals surface area (Å²) in [6.45, 7) is 0. The maximum atomic E-state index is 12.5. The number of nitrogens with one attached hydrogen (secondary N) is 1. The van der Waals surface area contributed by atoms with E-state index in [0.717, 1.165) is 0 Å². The normalized spacial score (nSPS) is 17.1. The maximum Gasteiger partial charge on any atom is 0.547 e. The first-order valence-electron chi connectivity index (χ1n) is 8.50. The molecule has 1 aliphatic heterocycles. The van der Waals surface area contributed by atoms with Gasteiger partial charge in [0.2, 0.25) is 5.91 Å². The van der Waals surface area contributed by atoms with Crippen LogP contribution in [-0.2, 0) is 15.8 Å². The van der Waals surface area contributed by atoms with Crippen molar-refractivity contribution in [3.05, 3.63) is 59.2 Å². The molecule has 2 atom stereocenters. The van der Waals surface area contributed by atoms with Gasteiger partial charge in [0.1, 0.15) is 11.8 Å². The number of para-hydroxylation sites is 1. The molecule has 1 amide bonds. The number of fused-ring (bicyclic) bond motifs is 1. The molecule has 0 radical (unpaired) electrons. The fourth-order valence-electron chi connectivity index (χ4n) is 3.02. The molecule has 12 heteroatoms. The molecule has 3 rings (SSSR count). The quantitative estimate of drug-likeness (QED) is 0.270. The minimum atomic E-state index is -4.40. The largest absolute Gasteiger partial charge is 0.547 e. The van der Waals surface area contributed by atoms with Crippen molar-refractivity contribution in [2.75, 3.05) is 0 Å². The molecule has 1 heterocycles. The van der Waals surface area contributed by atoms with Gasteiger partial charge in [0.15, 0.2) is 0 Å². The SMILES string of the molecule is NC(C(=O)NC1Cc2cccc(C(=O)O)c2OB1O)c1ccc(P(=O)(O)O)cc1. The summed E-state index contributed by atoms with van der Waals surface area (Å²) in [6, 6.07) is 8.41. The lowest BCUT2D eigenvalue weighted by Crippen LogP contribution is -2.54. The summed E-state index contributed by atoms with van der Waals surface area (Å²) in [5, 5.41) is 21.8. The van der Waals surface area contributed by atoms with E-state index >= 15 is 0 Å². The molecule has 10 nitrogen and oxygen atoms in total. The molecular formula is C17H18BN2O8P. The summed E-state index contributed by atoms with van der Waals surface area (Å²) in [5.74, 6) is -2.65. The first-order chi connectivity index (χ1) is 13.6. The highest BCUT2D eigenvalue weighted by molar-refractivity contribution is 7.60. The van der Waals surface area contributed by atoms with Gasteiger partial charge < -0.3 is 35.6 Å². The third-order valence-electron chi connectivity index (χ3n) is 4.55. The van der Waals surface area contributed by atoms with Gasteiger partial charge in [-0.05, 0) is 35.7 Å². The monoisotopic (exact) mass is 420 g/mol. The Morgan fingerprint density at radius 1 is 1.21 bits per heavy atom. The van der Waals surface area contributed by atoms with Crippen LogP contribution in [-0.4, -0.2) is 44.9 Å². The number of rotatable bonds is 5. The van der Waals surface area contributed by atoms with Crippen molar-refractivity contribution in [1.82, 2.24) is 5.32 Å². The van der Waals surface area contributed by atoms with E-state index in [4.69, 9.17) is 20.2 Å². The molecule has 0 fully saturated rings. The predicted octanol–water partition coefficient (Wildman–Crippen LogP) is -0.673. The van der Waals surface area contributed by atoms with Gasteiger partial charge in [0, 0.05) is 0 Å². The molecule has 29 heavy (non-hydrogen) atoms. The molecule has 7 N–H and O–H groups in total. The molecule has 2 aromatic rings. The molecule has 1 aliphatic rings. The third kappa shape index (κ3) is 4.50. The van der Waals surface area contributed by atoms with Crippen LogP contribution in [0.5, 0.6) is 5.75 Å². The van der Waals surface area contributed by atoms with Gasteiger partial charge in [-0.2, -0.15) is 0 Å². The summed E-state index contributed by atoms with van der Waals surface area (Å²) >= 11 is 0. The topological polar surface area (TPSA) is 179 Å². The van der Waals surface area contributed by atoms with Crippen molar-refractivity contribution in [2.24, 2.45) is 5.73 Å². The zero-order valence-electron chi connectivity index (χ0n) is 14.9. The summed E-state index contributed by atoms with van der Waals surface area (Å²) in [4.78, 5) is 42.0. The van der Waals surface area contributed by atoms with Crippen molar-refractivity contribution in [2.45, 2.75) is 18.4 Å². The van der Waals surface area contributed by atoms with Gasteiger partial charge in [0.25, 0.3) is 0 Å². The average Bonchev–Trinajstić information content (AvgIpc) is 2.66. The number of carbonyl (C=O) groups excluding carboxylic acids is 1. The molecule has 0 saturated heterocycles. The fourth-order valence-corrected chi connectivity index (χ4v) is 3.55. The van der Waals surface area contributed by atoms with Gasteiger partial charge in [-0.15, -0.1) is 0 Å². The number of nitrogens with two attached hydrogens (primary N) is 1. The molecule has 152 valence electrons. The number of benzene rings is 2. The van der Waals surface area contributed by atoms with Crippen LogP contribution in [0.3, 0.4) is 0 Å². The molecule has 0 bridgehead atoms. The molecule has 2 aromatic carbocycles. The van der Waals surface area contributed by atoms with Crippen LogP contribution in [0.15, 0.2) is 42.5 Å². The minimum absolute atomic E-state index is 0.0512. The zero-order valence-corrected chi connectivity index (χ0v) is 15.8. The highest BCUT2D eigenvalue weighted by atomic mass is 31.2. The molecule has 0 aliphatic carbocycles. The smallest absolute Gasteiger partial charge is 0.534 e. The Bertz CT molecular complexity index is 993. The second-order valence-corrected chi connectivity index (χ2v) is 8.14. The number of carboxylic acid groups (broad SMARTS) is 1. The summed E-state index contributed by atoms with van der Waals surface area (Å²) in [7, 11) is -5.88. The number of aromatic carboxylic acids is 1. The lowest BCUT2D eigenvalue weighted by Gasteiger charge is -2.29. The molecule has 2 unspecified atom stereocenters. The lowest BCUT2D eigenvalue weighted by molar-refractivity contribution is -0.122. The van der Waals surface area contributed by atoms with Crippen molar-refractivity contribution in [3.8, 4) is 5.75 Å². The van der Waals surface area contributed by atoms with Crippen LogP contribution in [0.4, 0.5) is 0 Å². The number of hydrogen-bond acceptors (Lipinski definition) is 6. The number of amides is 1. The van der Waals surface area contributed by atoms with Crippen LogP contribution >= 0.6 is 7.60 Å². The van der Waals surface area contributed by atoms with Crippen molar-refractivity contribution in [1.29, 1.82) is 0 Å². The summed E-state index contributed by atoms with van der Waals surface area (Å²) in [6.07, 6.45) is 0.132.